The molecule has 1 unspecified atom stereocenters. The van der Waals surface area contributed by atoms with Gasteiger partial charge in [-0.25, -0.2) is 4.99 Å². The van der Waals surface area contributed by atoms with E-state index in [2.05, 4.69) is 20.5 Å². The second kappa shape index (κ2) is 9.61. The predicted molar refractivity (Wildman–Crippen MR) is 108 cm³/mol. The Hall–Kier alpha value is -0.640. The summed E-state index contributed by atoms with van der Waals surface area (Å²) in [6, 6.07) is 5.29. The lowest BCUT2D eigenvalue weighted by atomic mass is 10.1. The summed E-state index contributed by atoms with van der Waals surface area (Å²) in [4.78, 5) is 4.28. The second-order valence-corrected chi connectivity index (χ2v) is 6.67. The Morgan fingerprint density at radius 2 is 2.04 bits per heavy atom. The first kappa shape index (κ1) is 20.4. The maximum Gasteiger partial charge on any atom is 0.189 e. The van der Waals surface area contributed by atoms with Crippen LogP contribution in [-0.4, -0.2) is 16.2 Å². The van der Waals surface area contributed by atoms with Gasteiger partial charge in [0.1, 0.15) is 10.0 Å². The molecule has 1 heterocycles. The van der Waals surface area contributed by atoms with E-state index in [1.165, 1.54) is 0 Å². The number of nitrogens with one attached hydrogen (secondary N) is 1. The van der Waals surface area contributed by atoms with E-state index in [0.29, 0.717) is 22.5 Å². The molecule has 0 bridgehead atoms. The zero-order valence-corrected chi connectivity index (χ0v) is 17.4. The molecule has 2 rings (SSSR count). The molecule has 0 aliphatic carbocycles. The number of aromatic nitrogens is 2. The minimum Gasteiger partial charge on any atom is -0.370 e. The molecule has 1 aromatic heterocycles. The van der Waals surface area contributed by atoms with Crippen LogP contribution in [0.2, 0.25) is 10.0 Å². The number of benzene rings is 1. The molecule has 0 radical (unpaired) electrons. The number of aryl methyl sites for hydroxylation is 1. The first-order valence-electron chi connectivity index (χ1n) is 6.82. The van der Waals surface area contributed by atoms with Gasteiger partial charge in [-0.15, -0.1) is 34.2 Å². The van der Waals surface area contributed by atoms with Crippen LogP contribution >= 0.6 is 58.5 Å². The summed E-state index contributed by atoms with van der Waals surface area (Å²) in [5, 5.41) is 14.3. The van der Waals surface area contributed by atoms with Gasteiger partial charge in [0.05, 0.1) is 12.6 Å². The maximum absolute atomic E-state index is 6.18. The van der Waals surface area contributed by atoms with Gasteiger partial charge in [-0.1, -0.05) is 47.5 Å². The Kier molecular flexibility index (Phi) is 8.52. The van der Waals surface area contributed by atoms with Crippen LogP contribution in [-0.2, 0) is 13.0 Å². The Morgan fingerprint density at radius 3 is 2.65 bits per heavy atom. The number of guanidine groups is 1. The molecule has 0 aliphatic heterocycles. The van der Waals surface area contributed by atoms with Gasteiger partial charge in [0.2, 0.25) is 0 Å². The van der Waals surface area contributed by atoms with E-state index in [1.807, 2.05) is 19.9 Å². The molecule has 5 nitrogen and oxygen atoms in total. The smallest absolute Gasteiger partial charge is 0.189 e. The molecule has 1 atom stereocenters. The van der Waals surface area contributed by atoms with Crippen LogP contribution in [0.5, 0.6) is 0 Å². The highest BCUT2D eigenvalue weighted by atomic mass is 127. The predicted octanol–water partition coefficient (Wildman–Crippen LogP) is 4.19. The van der Waals surface area contributed by atoms with E-state index in [9.17, 15) is 0 Å². The third kappa shape index (κ3) is 6.06. The van der Waals surface area contributed by atoms with Crippen molar-refractivity contribution in [3.8, 4) is 0 Å². The topological polar surface area (TPSA) is 76.2 Å². The average molecular weight is 486 g/mol. The Bertz CT molecular complexity index is 677. The number of halogens is 3. The Labute approximate surface area is 166 Å². The highest BCUT2D eigenvalue weighted by Gasteiger charge is 2.11. The number of nitrogens with zero attached hydrogens (tertiary/aromatic N) is 3. The monoisotopic (exact) mass is 485 g/mol. The standard InChI is InChI=1S/C14H17Cl2N5S.HI/c1-3-12-20-21-13(22-12)7-18-14(17)19-8(2)10-5-4-9(15)6-11(10)16;/h4-6,8H,3,7H2,1-2H3,(H3,17,18,19);1H. The van der Waals surface area contributed by atoms with Gasteiger partial charge in [-0.05, 0) is 31.0 Å². The first-order chi connectivity index (χ1) is 10.5. The quantitative estimate of drug-likeness (QED) is 0.378. The molecule has 3 N–H and O–H groups in total. The van der Waals surface area contributed by atoms with Gasteiger partial charge < -0.3 is 11.1 Å². The molecule has 126 valence electrons. The fraction of sp³-hybridized carbons (Fsp3) is 0.357. The van der Waals surface area contributed by atoms with Crippen molar-refractivity contribution in [1.29, 1.82) is 0 Å². The van der Waals surface area contributed by atoms with Gasteiger partial charge in [0.15, 0.2) is 5.96 Å². The van der Waals surface area contributed by atoms with Gasteiger partial charge in [-0.2, -0.15) is 0 Å². The van der Waals surface area contributed by atoms with Gasteiger partial charge in [-0.3, -0.25) is 0 Å². The average Bonchev–Trinajstić information content (AvgIpc) is 2.93. The highest BCUT2D eigenvalue weighted by molar-refractivity contribution is 14.0. The van der Waals surface area contributed by atoms with Crippen LogP contribution in [0, 0.1) is 0 Å². The largest absolute Gasteiger partial charge is 0.370 e. The van der Waals surface area contributed by atoms with E-state index < -0.39 is 0 Å². The third-order valence-corrected chi connectivity index (χ3v) is 4.60. The maximum atomic E-state index is 6.18. The van der Waals surface area contributed by atoms with Crippen molar-refractivity contribution in [3.63, 3.8) is 0 Å². The highest BCUT2D eigenvalue weighted by Crippen LogP contribution is 2.25. The molecule has 0 amide bonds. The van der Waals surface area contributed by atoms with Crippen molar-refractivity contribution >= 4 is 64.5 Å². The van der Waals surface area contributed by atoms with Gasteiger partial charge in [0, 0.05) is 10.0 Å². The molecule has 1 aromatic carbocycles. The van der Waals surface area contributed by atoms with Crippen LogP contribution in [0.15, 0.2) is 23.2 Å². The van der Waals surface area contributed by atoms with Gasteiger partial charge >= 0.3 is 0 Å². The number of nitrogens with two attached hydrogens (primary N) is 1. The van der Waals surface area contributed by atoms with Crippen molar-refractivity contribution in [2.24, 2.45) is 10.7 Å². The summed E-state index contributed by atoms with van der Waals surface area (Å²) in [6.07, 6.45) is 0.876. The minimum atomic E-state index is -0.0749. The fourth-order valence-corrected chi connectivity index (χ4v) is 3.13. The fourth-order valence-electron chi connectivity index (χ4n) is 1.85. The van der Waals surface area contributed by atoms with Crippen LogP contribution in [0.25, 0.3) is 0 Å². The summed E-state index contributed by atoms with van der Waals surface area (Å²) >= 11 is 13.6. The molecule has 23 heavy (non-hydrogen) atoms. The minimum absolute atomic E-state index is 0. The Balaban J connectivity index is 0.00000264. The summed E-state index contributed by atoms with van der Waals surface area (Å²) in [5.41, 5.74) is 6.82. The number of hydrogen-bond donors (Lipinski definition) is 2. The van der Waals surface area contributed by atoms with Crippen LogP contribution in [0.1, 0.15) is 35.5 Å². The lowest BCUT2D eigenvalue weighted by molar-refractivity contribution is 0.707. The van der Waals surface area contributed by atoms with Crippen molar-refractivity contribution in [3.05, 3.63) is 43.8 Å². The number of aliphatic imine (C=N–C) groups is 1. The van der Waals surface area contributed by atoms with Crippen LogP contribution < -0.4 is 11.1 Å². The lowest BCUT2D eigenvalue weighted by Crippen LogP contribution is -2.34. The summed E-state index contributed by atoms with van der Waals surface area (Å²) < 4.78 is 0. The van der Waals surface area contributed by atoms with Crippen LogP contribution in [0.4, 0.5) is 0 Å². The van der Waals surface area contributed by atoms with Gasteiger partial charge in [0.25, 0.3) is 0 Å². The van der Waals surface area contributed by atoms with E-state index in [-0.39, 0.29) is 30.0 Å². The molecule has 0 aliphatic rings. The van der Waals surface area contributed by atoms with E-state index in [0.717, 1.165) is 22.0 Å². The Morgan fingerprint density at radius 1 is 1.35 bits per heavy atom. The molecular weight excluding hydrogens is 468 g/mol. The molecule has 0 fully saturated rings. The van der Waals surface area contributed by atoms with E-state index in [1.54, 1.807) is 23.5 Å². The number of hydrogen-bond acceptors (Lipinski definition) is 4. The SMILES string of the molecule is CCc1nnc(CN=C(N)NC(C)c2ccc(Cl)cc2Cl)s1.I. The first-order valence-corrected chi connectivity index (χ1v) is 8.39. The van der Waals surface area contributed by atoms with Crippen molar-refractivity contribution in [1.82, 2.24) is 15.5 Å². The van der Waals surface area contributed by atoms with Crippen molar-refractivity contribution in [2.75, 3.05) is 0 Å². The zero-order valence-electron chi connectivity index (χ0n) is 12.7. The van der Waals surface area contributed by atoms with Crippen LogP contribution in [0.3, 0.4) is 0 Å². The molecule has 0 spiro atoms. The third-order valence-electron chi connectivity index (χ3n) is 2.99. The summed E-state index contributed by atoms with van der Waals surface area (Å²) in [6.45, 7) is 4.41. The normalized spacial score (nSPS) is 12.6. The van der Waals surface area contributed by atoms with E-state index >= 15 is 0 Å². The van der Waals surface area contributed by atoms with Crippen molar-refractivity contribution in [2.45, 2.75) is 32.9 Å². The summed E-state index contributed by atoms with van der Waals surface area (Å²) in [7, 11) is 0. The number of rotatable bonds is 5. The molecular formula is C14H18Cl2IN5S. The summed E-state index contributed by atoms with van der Waals surface area (Å²) in [5.74, 6) is 0.340. The lowest BCUT2D eigenvalue weighted by Gasteiger charge is -2.16. The molecule has 2 aromatic rings. The van der Waals surface area contributed by atoms with E-state index in [4.69, 9.17) is 28.9 Å². The molecule has 0 saturated carbocycles. The molecule has 9 heteroatoms. The zero-order chi connectivity index (χ0) is 16.1. The second-order valence-electron chi connectivity index (χ2n) is 4.68. The van der Waals surface area contributed by atoms with Crippen molar-refractivity contribution < 1.29 is 0 Å². The molecule has 0 saturated heterocycles.